The van der Waals surface area contributed by atoms with Crippen LogP contribution >= 0.6 is 0 Å². The monoisotopic (exact) mass is 309 g/mol. The molecule has 0 unspecified atom stereocenters. The molecule has 3 N–H and O–H groups in total. The summed E-state index contributed by atoms with van der Waals surface area (Å²) in [6.07, 6.45) is 2.75. The first-order chi connectivity index (χ1) is 11.2. The Hall–Kier alpha value is -2.88. The summed E-state index contributed by atoms with van der Waals surface area (Å²) in [5.74, 6) is 2.32. The summed E-state index contributed by atoms with van der Waals surface area (Å²) in [4.78, 5) is 14.9. The number of pyridine rings is 1. The van der Waals surface area contributed by atoms with E-state index in [9.17, 15) is 0 Å². The molecule has 0 aliphatic carbocycles. The third kappa shape index (κ3) is 3.48. The van der Waals surface area contributed by atoms with Crippen LogP contribution in [0, 0.1) is 24.2 Å². The zero-order chi connectivity index (χ0) is 16.2. The molecule has 0 bridgehead atoms. The summed E-state index contributed by atoms with van der Waals surface area (Å²) < 4.78 is 0. The first-order valence-electron chi connectivity index (χ1n) is 7.61. The van der Waals surface area contributed by atoms with Crippen molar-refractivity contribution in [1.82, 2.24) is 15.0 Å². The van der Waals surface area contributed by atoms with Gasteiger partial charge in [0, 0.05) is 37.6 Å². The van der Waals surface area contributed by atoms with Crippen molar-refractivity contribution in [3.63, 3.8) is 0 Å². The highest BCUT2D eigenvalue weighted by Crippen LogP contribution is 2.23. The van der Waals surface area contributed by atoms with Crippen LogP contribution < -0.4 is 16.0 Å². The second-order valence-electron chi connectivity index (χ2n) is 5.72. The SMILES string of the molecule is Cc1cc(N2CC[C@H](CNc3ncccc3C#N)C2)nc(N)n1. The van der Waals surface area contributed by atoms with Gasteiger partial charge in [0.15, 0.2) is 0 Å². The maximum Gasteiger partial charge on any atom is 0.222 e. The smallest absolute Gasteiger partial charge is 0.222 e. The molecular formula is C16H19N7. The minimum absolute atomic E-state index is 0.314. The van der Waals surface area contributed by atoms with Crippen LogP contribution in [0.5, 0.6) is 0 Å². The number of nitrogens with zero attached hydrogens (tertiary/aromatic N) is 5. The van der Waals surface area contributed by atoms with E-state index in [-0.39, 0.29) is 0 Å². The molecule has 2 aromatic rings. The average Bonchev–Trinajstić information content (AvgIpc) is 3.01. The van der Waals surface area contributed by atoms with Gasteiger partial charge >= 0.3 is 0 Å². The topological polar surface area (TPSA) is 104 Å². The van der Waals surface area contributed by atoms with Crippen LogP contribution in [0.25, 0.3) is 0 Å². The Balaban J connectivity index is 1.61. The van der Waals surface area contributed by atoms with Crippen molar-refractivity contribution >= 4 is 17.6 Å². The first kappa shape index (κ1) is 15.0. The second kappa shape index (κ2) is 6.48. The number of aryl methyl sites for hydroxylation is 1. The van der Waals surface area contributed by atoms with E-state index in [1.165, 1.54) is 0 Å². The number of aromatic nitrogens is 3. The summed E-state index contributed by atoms with van der Waals surface area (Å²) in [6, 6.07) is 7.64. The van der Waals surface area contributed by atoms with E-state index < -0.39 is 0 Å². The van der Waals surface area contributed by atoms with Gasteiger partial charge in [0.25, 0.3) is 0 Å². The number of anilines is 3. The standard InChI is InChI=1S/C16H19N7/c1-11-7-14(22-16(18)21-11)23-6-4-12(10-23)9-20-15-13(8-17)3-2-5-19-15/h2-3,5,7,12H,4,6,9-10H2,1H3,(H,19,20)(H2,18,21,22)/t12-/m1/s1. The lowest BCUT2D eigenvalue weighted by Crippen LogP contribution is -2.24. The van der Waals surface area contributed by atoms with Gasteiger partial charge in [-0.3, -0.25) is 0 Å². The fraction of sp³-hybridized carbons (Fsp3) is 0.375. The summed E-state index contributed by atoms with van der Waals surface area (Å²) in [7, 11) is 0. The van der Waals surface area contributed by atoms with Crippen LogP contribution in [-0.2, 0) is 0 Å². The van der Waals surface area contributed by atoms with Crippen molar-refractivity contribution in [2.75, 3.05) is 35.6 Å². The molecule has 1 aliphatic heterocycles. The van der Waals surface area contributed by atoms with Crippen LogP contribution in [0.1, 0.15) is 17.7 Å². The lowest BCUT2D eigenvalue weighted by Gasteiger charge is -2.18. The van der Waals surface area contributed by atoms with Gasteiger partial charge < -0.3 is 16.0 Å². The van der Waals surface area contributed by atoms with Gasteiger partial charge in [0.05, 0.1) is 5.56 Å². The molecular weight excluding hydrogens is 290 g/mol. The molecule has 3 rings (SSSR count). The molecule has 0 amide bonds. The van der Waals surface area contributed by atoms with Gasteiger partial charge in [-0.25, -0.2) is 9.97 Å². The maximum atomic E-state index is 9.09. The molecule has 1 atom stereocenters. The number of nitrogen functional groups attached to an aromatic ring is 1. The maximum absolute atomic E-state index is 9.09. The number of rotatable bonds is 4. The predicted molar refractivity (Wildman–Crippen MR) is 88.9 cm³/mol. The van der Waals surface area contributed by atoms with Gasteiger partial charge in [-0.15, -0.1) is 0 Å². The Morgan fingerprint density at radius 3 is 3.13 bits per heavy atom. The van der Waals surface area contributed by atoms with Crippen molar-refractivity contribution in [1.29, 1.82) is 5.26 Å². The van der Waals surface area contributed by atoms with Crippen molar-refractivity contribution in [3.8, 4) is 6.07 Å². The Bertz CT molecular complexity index is 717. The van der Waals surface area contributed by atoms with Gasteiger partial charge in [-0.2, -0.15) is 10.2 Å². The fourth-order valence-corrected chi connectivity index (χ4v) is 2.82. The quantitative estimate of drug-likeness (QED) is 0.883. The summed E-state index contributed by atoms with van der Waals surface area (Å²) in [6.45, 7) is 4.54. The lowest BCUT2D eigenvalue weighted by molar-refractivity contribution is 0.620. The molecule has 1 aliphatic rings. The molecule has 0 saturated carbocycles. The largest absolute Gasteiger partial charge is 0.369 e. The third-order valence-corrected chi connectivity index (χ3v) is 3.95. The van der Waals surface area contributed by atoms with E-state index in [0.29, 0.717) is 23.2 Å². The number of hydrogen-bond acceptors (Lipinski definition) is 7. The van der Waals surface area contributed by atoms with Crippen LogP contribution in [0.3, 0.4) is 0 Å². The summed E-state index contributed by atoms with van der Waals surface area (Å²) >= 11 is 0. The van der Waals surface area contributed by atoms with Crippen molar-refractivity contribution in [2.45, 2.75) is 13.3 Å². The van der Waals surface area contributed by atoms with E-state index >= 15 is 0 Å². The molecule has 118 valence electrons. The Morgan fingerprint density at radius 1 is 1.48 bits per heavy atom. The molecule has 1 fully saturated rings. The molecule has 0 spiro atoms. The van der Waals surface area contributed by atoms with E-state index in [1.54, 1.807) is 18.3 Å². The van der Waals surface area contributed by atoms with Gasteiger partial charge in [-0.05, 0) is 31.4 Å². The van der Waals surface area contributed by atoms with Gasteiger partial charge in [0.2, 0.25) is 5.95 Å². The van der Waals surface area contributed by atoms with E-state index in [1.807, 2.05) is 13.0 Å². The number of nitriles is 1. The van der Waals surface area contributed by atoms with Crippen LogP contribution in [0.2, 0.25) is 0 Å². The highest BCUT2D eigenvalue weighted by Gasteiger charge is 2.24. The normalized spacial score (nSPS) is 17.0. The molecule has 0 radical (unpaired) electrons. The molecule has 23 heavy (non-hydrogen) atoms. The zero-order valence-electron chi connectivity index (χ0n) is 13.0. The first-order valence-corrected chi connectivity index (χ1v) is 7.61. The molecule has 7 nitrogen and oxygen atoms in total. The highest BCUT2D eigenvalue weighted by atomic mass is 15.2. The summed E-state index contributed by atoms with van der Waals surface area (Å²) in [5.41, 5.74) is 7.18. The third-order valence-electron chi connectivity index (χ3n) is 3.95. The zero-order valence-corrected chi connectivity index (χ0v) is 13.0. The van der Waals surface area contributed by atoms with E-state index in [2.05, 4.69) is 31.2 Å². The number of hydrogen-bond donors (Lipinski definition) is 2. The van der Waals surface area contributed by atoms with Crippen molar-refractivity contribution in [3.05, 3.63) is 35.7 Å². The molecule has 3 heterocycles. The van der Waals surface area contributed by atoms with E-state index in [4.69, 9.17) is 11.0 Å². The lowest BCUT2D eigenvalue weighted by atomic mass is 10.1. The fourth-order valence-electron chi connectivity index (χ4n) is 2.82. The summed E-state index contributed by atoms with van der Waals surface area (Å²) in [5, 5.41) is 12.4. The average molecular weight is 309 g/mol. The number of nitrogens with one attached hydrogen (secondary N) is 1. The van der Waals surface area contributed by atoms with Crippen LogP contribution in [-0.4, -0.2) is 34.6 Å². The second-order valence-corrected chi connectivity index (χ2v) is 5.72. The van der Waals surface area contributed by atoms with Crippen molar-refractivity contribution in [2.24, 2.45) is 5.92 Å². The van der Waals surface area contributed by atoms with E-state index in [0.717, 1.165) is 37.6 Å². The van der Waals surface area contributed by atoms with Gasteiger partial charge in [-0.1, -0.05) is 0 Å². The van der Waals surface area contributed by atoms with Crippen molar-refractivity contribution < 1.29 is 0 Å². The van der Waals surface area contributed by atoms with Crippen LogP contribution in [0.15, 0.2) is 24.4 Å². The Morgan fingerprint density at radius 2 is 2.35 bits per heavy atom. The number of nitrogens with two attached hydrogens (primary N) is 1. The van der Waals surface area contributed by atoms with Gasteiger partial charge in [0.1, 0.15) is 17.7 Å². The molecule has 0 aromatic carbocycles. The minimum Gasteiger partial charge on any atom is -0.369 e. The minimum atomic E-state index is 0.314. The Labute approximate surface area is 135 Å². The van der Waals surface area contributed by atoms with Crippen LogP contribution in [0.4, 0.5) is 17.6 Å². The molecule has 1 saturated heterocycles. The molecule has 7 heteroatoms. The Kier molecular flexibility index (Phi) is 4.24. The molecule has 2 aromatic heterocycles. The predicted octanol–water partition coefficient (Wildman–Crippen LogP) is 1.57. The highest BCUT2D eigenvalue weighted by molar-refractivity contribution is 5.51.